The zero-order valence-electron chi connectivity index (χ0n) is 10.2. The number of carbonyl (C=O) groups excluding carboxylic acids is 1. The maximum atomic E-state index is 11.5. The van der Waals surface area contributed by atoms with Gasteiger partial charge in [-0.15, -0.1) is 10.2 Å². The summed E-state index contributed by atoms with van der Waals surface area (Å²) in [5.41, 5.74) is 2.43. The molecule has 1 aromatic rings. The van der Waals surface area contributed by atoms with Gasteiger partial charge in [0.1, 0.15) is 5.01 Å². The molecule has 0 saturated heterocycles. The molecule has 0 atom stereocenters. The van der Waals surface area contributed by atoms with E-state index in [1.165, 1.54) is 11.3 Å². The Balaban J connectivity index is 2.38. The van der Waals surface area contributed by atoms with Gasteiger partial charge in [-0.2, -0.15) is 0 Å². The van der Waals surface area contributed by atoms with Crippen molar-refractivity contribution in [3.63, 3.8) is 0 Å². The Hall–Kier alpha value is -1.25. The fourth-order valence-corrected chi connectivity index (χ4v) is 2.01. The Bertz CT molecular complexity index is 366. The summed E-state index contributed by atoms with van der Waals surface area (Å²) in [4.78, 5) is 13.4. The summed E-state index contributed by atoms with van der Waals surface area (Å²) in [6.45, 7) is 4.78. The van der Waals surface area contributed by atoms with Crippen molar-refractivity contribution in [2.75, 3.05) is 19.0 Å². The van der Waals surface area contributed by atoms with E-state index >= 15 is 0 Å². The summed E-state index contributed by atoms with van der Waals surface area (Å²) < 4.78 is 0. The maximum absolute atomic E-state index is 11.5. The molecule has 0 radical (unpaired) electrons. The van der Waals surface area contributed by atoms with Crippen LogP contribution in [0.4, 0.5) is 5.13 Å². The number of hydrogen-bond donors (Lipinski definition) is 3. The third kappa shape index (κ3) is 5.07. The molecule has 0 spiro atoms. The lowest BCUT2D eigenvalue weighted by Gasteiger charge is -2.15. The van der Waals surface area contributed by atoms with Crippen molar-refractivity contribution < 1.29 is 4.79 Å². The van der Waals surface area contributed by atoms with Crippen LogP contribution in [0.15, 0.2) is 0 Å². The highest BCUT2D eigenvalue weighted by Gasteiger charge is 2.10. The smallest absolute Gasteiger partial charge is 0.234 e. The standard InChI is InChI=1S/C9H18N6OS/c1-6(2)11-7(16)4-15(3)5-8-13-14-9(12-10)17-8/h6H,4-5,10H2,1-3H3,(H,11,16)(H,12,14). The van der Waals surface area contributed by atoms with Gasteiger partial charge >= 0.3 is 0 Å². The summed E-state index contributed by atoms with van der Waals surface area (Å²) in [5.74, 6) is 5.21. The summed E-state index contributed by atoms with van der Waals surface area (Å²) >= 11 is 1.37. The molecule has 1 amide bonds. The van der Waals surface area contributed by atoms with E-state index < -0.39 is 0 Å². The number of nitrogens with two attached hydrogens (primary N) is 1. The SMILES string of the molecule is CC(C)NC(=O)CN(C)Cc1nnc(NN)s1. The van der Waals surface area contributed by atoms with Crippen molar-refractivity contribution >= 4 is 22.4 Å². The van der Waals surface area contributed by atoms with E-state index in [0.29, 0.717) is 18.2 Å². The van der Waals surface area contributed by atoms with E-state index in [4.69, 9.17) is 5.84 Å². The largest absolute Gasteiger partial charge is 0.353 e. The third-order valence-corrected chi connectivity index (χ3v) is 2.70. The molecule has 17 heavy (non-hydrogen) atoms. The molecule has 0 aliphatic carbocycles. The number of nitrogens with zero attached hydrogens (tertiary/aromatic N) is 3. The van der Waals surface area contributed by atoms with Crippen LogP contribution in [0.5, 0.6) is 0 Å². The highest BCUT2D eigenvalue weighted by Crippen LogP contribution is 2.14. The zero-order chi connectivity index (χ0) is 12.8. The molecule has 0 aliphatic rings. The van der Waals surface area contributed by atoms with Crippen LogP contribution in [0.1, 0.15) is 18.9 Å². The first-order valence-corrected chi connectivity index (χ1v) is 6.09. The predicted octanol–water partition coefficient (Wildman–Crippen LogP) is -0.220. The van der Waals surface area contributed by atoms with Gasteiger partial charge in [0.25, 0.3) is 0 Å². The number of carbonyl (C=O) groups is 1. The van der Waals surface area contributed by atoms with Crippen LogP contribution in [-0.4, -0.2) is 40.6 Å². The lowest BCUT2D eigenvalue weighted by atomic mass is 10.4. The fourth-order valence-electron chi connectivity index (χ4n) is 1.28. The first-order chi connectivity index (χ1) is 8.01. The Kier molecular flexibility index (Phi) is 5.26. The number of nitrogens with one attached hydrogen (secondary N) is 2. The number of aromatic nitrogens is 2. The average molecular weight is 258 g/mol. The van der Waals surface area contributed by atoms with Crippen LogP contribution in [0.3, 0.4) is 0 Å². The van der Waals surface area contributed by atoms with Gasteiger partial charge < -0.3 is 5.32 Å². The normalized spacial score (nSPS) is 10.9. The first kappa shape index (κ1) is 13.8. The molecule has 0 aromatic carbocycles. The van der Waals surface area contributed by atoms with E-state index in [1.807, 2.05) is 25.8 Å². The van der Waals surface area contributed by atoms with Gasteiger partial charge in [0.05, 0.1) is 13.1 Å². The molecule has 1 heterocycles. The van der Waals surface area contributed by atoms with Gasteiger partial charge in [0.2, 0.25) is 11.0 Å². The van der Waals surface area contributed by atoms with Crippen molar-refractivity contribution in [2.24, 2.45) is 5.84 Å². The first-order valence-electron chi connectivity index (χ1n) is 5.28. The Morgan fingerprint density at radius 3 is 2.76 bits per heavy atom. The number of anilines is 1. The summed E-state index contributed by atoms with van der Waals surface area (Å²) in [6.07, 6.45) is 0. The van der Waals surface area contributed by atoms with Crippen molar-refractivity contribution in [3.8, 4) is 0 Å². The molecule has 1 rings (SSSR count). The number of hydrogen-bond acceptors (Lipinski definition) is 7. The molecule has 0 fully saturated rings. The molecular weight excluding hydrogens is 240 g/mol. The highest BCUT2D eigenvalue weighted by molar-refractivity contribution is 7.15. The van der Waals surface area contributed by atoms with Crippen molar-refractivity contribution in [3.05, 3.63) is 5.01 Å². The molecule has 96 valence electrons. The molecule has 4 N–H and O–H groups in total. The van der Waals surface area contributed by atoms with Crippen LogP contribution >= 0.6 is 11.3 Å². The highest BCUT2D eigenvalue weighted by atomic mass is 32.1. The quantitative estimate of drug-likeness (QED) is 0.482. The van der Waals surface area contributed by atoms with Crippen LogP contribution < -0.4 is 16.6 Å². The van der Waals surface area contributed by atoms with E-state index in [0.717, 1.165) is 5.01 Å². The van der Waals surface area contributed by atoms with Gasteiger partial charge in [0.15, 0.2) is 0 Å². The Morgan fingerprint density at radius 2 is 2.24 bits per heavy atom. The minimum absolute atomic E-state index is 0.00388. The molecule has 0 saturated carbocycles. The summed E-state index contributed by atoms with van der Waals surface area (Å²) in [7, 11) is 1.86. The van der Waals surface area contributed by atoms with Crippen LogP contribution in [-0.2, 0) is 11.3 Å². The molecule has 1 aromatic heterocycles. The fraction of sp³-hybridized carbons (Fsp3) is 0.667. The third-order valence-electron chi connectivity index (χ3n) is 1.86. The lowest BCUT2D eigenvalue weighted by Crippen LogP contribution is -2.38. The predicted molar refractivity (Wildman–Crippen MR) is 67.3 cm³/mol. The summed E-state index contributed by atoms with van der Waals surface area (Å²) in [5, 5.41) is 12.0. The van der Waals surface area contributed by atoms with E-state index in [2.05, 4.69) is 20.9 Å². The number of rotatable bonds is 6. The minimum Gasteiger partial charge on any atom is -0.353 e. The number of hydrazine groups is 1. The van der Waals surface area contributed by atoms with Gasteiger partial charge in [0, 0.05) is 6.04 Å². The van der Waals surface area contributed by atoms with Crippen molar-refractivity contribution in [1.29, 1.82) is 0 Å². The number of nitrogen functional groups attached to an aromatic ring is 1. The Morgan fingerprint density at radius 1 is 1.53 bits per heavy atom. The van der Waals surface area contributed by atoms with E-state index in [9.17, 15) is 4.79 Å². The molecular formula is C9H18N6OS. The molecule has 0 aliphatic heterocycles. The second kappa shape index (κ2) is 6.48. The molecule has 0 bridgehead atoms. The van der Waals surface area contributed by atoms with Crippen LogP contribution in [0.2, 0.25) is 0 Å². The molecule has 0 unspecified atom stereocenters. The average Bonchev–Trinajstić information content (AvgIpc) is 2.63. The van der Waals surface area contributed by atoms with Crippen molar-refractivity contribution in [2.45, 2.75) is 26.4 Å². The van der Waals surface area contributed by atoms with Crippen LogP contribution in [0, 0.1) is 0 Å². The minimum atomic E-state index is 0.00388. The Labute approximate surface area is 104 Å². The van der Waals surface area contributed by atoms with Gasteiger partial charge in [-0.3, -0.25) is 15.1 Å². The van der Waals surface area contributed by atoms with E-state index in [1.54, 1.807) is 0 Å². The molecule has 8 heteroatoms. The van der Waals surface area contributed by atoms with E-state index in [-0.39, 0.29) is 11.9 Å². The second-order valence-electron chi connectivity index (χ2n) is 4.04. The second-order valence-corrected chi connectivity index (χ2v) is 5.10. The van der Waals surface area contributed by atoms with Crippen molar-refractivity contribution in [1.82, 2.24) is 20.4 Å². The van der Waals surface area contributed by atoms with Gasteiger partial charge in [-0.05, 0) is 20.9 Å². The number of likely N-dealkylation sites (N-methyl/N-ethyl adjacent to an activating group) is 1. The van der Waals surface area contributed by atoms with Crippen LogP contribution in [0.25, 0.3) is 0 Å². The zero-order valence-corrected chi connectivity index (χ0v) is 11.0. The van der Waals surface area contributed by atoms with Gasteiger partial charge in [-0.1, -0.05) is 11.3 Å². The number of amides is 1. The lowest BCUT2D eigenvalue weighted by molar-refractivity contribution is -0.122. The topological polar surface area (TPSA) is 96.2 Å². The molecule has 7 nitrogen and oxygen atoms in total. The summed E-state index contributed by atoms with van der Waals surface area (Å²) in [6, 6.07) is 0.158. The maximum Gasteiger partial charge on any atom is 0.234 e. The van der Waals surface area contributed by atoms with Gasteiger partial charge in [-0.25, -0.2) is 5.84 Å². The monoisotopic (exact) mass is 258 g/mol.